The van der Waals surface area contributed by atoms with Gasteiger partial charge in [0.05, 0.1) is 5.56 Å². The first-order valence-electron chi connectivity index (χ1n) is 5.07. The highest BCUT2D eigenvalue weighted by Crippen LogP contribution is 2.21. The van der Waals surface area contributed by atoms with E-state index in [0.29, 0.717) is 18.0 Å². The Morgan fingerprint density at radius 3 is 2.82 bits per heavy atom. The number of aromatic carboxylic acids is 1. The van der Waals surface area contributed by atoms with Gasteiger partial charge in [-0.15, -0.1) is 0 Å². The fraction of sp³-hybridized carbons (Fsp3) is 0.364. The van der Waals surface area contributed by atoms with Gasteiger partial charge in [0, 0.05) is 39.5 Å². The first-order valence-corrected chi connectivity index (χ1v) is 7.59. The first-order chi connectivity index (χ1) is 8.00. The Morgan fingerprint density at radius 2 is 2.24 bits per heavy atom. The highest BCUT2D eigenvalue weighted by atomic mass is 79.9. The van der Waals surface area contributed by atoms with E-state index in [4.69, 9.17) is 5.11 Å². The predicted octanol–water partition coefficient (Wildman–Crippen LogP) is 2.33. The third-order valence-electron chi connectivity index (χ3n) is 2.14. The monoisotopic (exact) mass is 319 g/mol. The van der Waals surface area contributed by atoms with Gasteiger partial charge < -0.3 is 10.4 Å². The second kappa shape index (κ2) is 6.76. The van der Waals surface area contributed by atoms with Crippen LogP contribution in [-0.2, 0) is 10.8 Å². The average molecular weight is 320 g/mol. The van der Waals surface area contributed by atoms with Crippen LogP contribution < -0.4 is 5.32 Å². The van der Waals surface area contributed by atoms with Crippen LogP contribution in [0.4, 0.5) is 5.69 Å². The molecule has 1 aromatic carbocycles. The van der Waals surface area contributed by atoms with Crippen molar-refractivity contribution >= 4 is 38.4 Å². The van der Waals surface area contributed by atoms with Crippen LogP contribution in [0, 0.1) is 0 Å². The Balaban J connectivity index is 2.65. The van der Waals surface area contributed by atoms with Gasteiger partial charge in [0.2, 0.25) is 0 Å². The first kappa shape index (κ1) is 14.2. The Hall–Kier alpha value is -0.880. The lowest BCUT2D eigenvalue weighted by Crippen LogP contribution is -2.09. The Morgan fingerprint density at radius 1 is 1.53 bits per heavy atom. The number of nitrogens with one attached hydrogen (secondary N) is 1. The van der Waals surface area contributed by atoms with Crippen LogP contribution in [0.2, 0.25) is 0 Å². The lowest BCUT2D eigenvalue weighted by molar-refractivity contribution is 0.0698. The summed E-state index contributed by atoms with van der Waals surface area (Å²) in [4.78, 5) is 11.0. The van der Waals surface area contributed by atoms with Gasteiger partial charge in [-0.3, -0.25) is 4.21 Å². The summed E-state index contributed by atoms with van der Waals surface area (Å²) in [5.41, 5.74) is 0.819. The minimum atomic E-state index is -0.959. The van der Waals surface area contributed by atoms with Gasteiger partial charge in [0.1, 0.15) is 0 Å². The fourth-order valence-electron chi connectivity index (χ4n) is 1.35. The number of anilines is 1. The maximum Gasteiger partial charge on any atom is 0.337 e. The molecule has 0 heterocycles. The standard InChI is InChI=1S/C11H14BrNO3S/c1-17(16)6-2-5-13-10-7-8(12)3-4-9(10)11(14)15/h3-4,7,13H,2,5-6H2,1H3,(H,14,15). The number of benzene rings is 1. The molecule has 17 heavy (non-hydrogen) atoms. The minimum absolute atomic E-state index is 0.242. The van der Waals surface area contributed by atoms with E-state index in [0.717, 1.165) is 10.9 Å². The molecule has 4 nitrogen and oxygen atoms in total. The summed E-state index contributed by atoms with van der Waals surface area (Å²) >= 11 is 3.30. The van der Waals surface area contributed by atoms with Crippen LogP contribution in [0.3, 0.4) is 0 Å². The molecule has 1 atom stereocenters. The smallest absolute Gasteiger partial charge is 0.337 e. The van der Waals surface area contributed by atoms with Crippen molar-refractivity contribution in [3.05, 3.63) is 28.2 Å². The van der Waals surface area contributed by atoms with Crippen molar-refractivity contribution in [1.82, 2.24) is 0 Å². The van der Waals surface area contributed by atoms with Gasteiger partial charge in [-0.25, -0.2) is 4.79 Å². The second-order valence-corrected chi connectivity index (χ2v) is 6.02. The molecule has 1 rings (SSSR count). The molecule has 1 unspecified atom stereocenters. The number of carboxylic acids is 1. The molecule has 0 spiro atoms. The highest BCUT2D eigenvalue weighted by Gasteiger charge is 2.09. The molecule has 0 saturated heterocycles. The molecule has 0 aliphatic rings. The van der Waals surface area contributed by atoms with Crippen LogP contribution in [0.25, 0.3) is 0 Å². The zero-order valence-electron chi connectivity index (χ0n) is 9.40. The summed E-state index contributed by atoms with van der Waals surface area (Å²) in [6.07, 6.45) is 2.40. The van der Waals surface area contributed by atoms with Crippen molar-refractivity contribution in [2.45, 2.75) is 6.42 Å². The van der Waals surface area contributed by atoms with Gasteiger partial charge in [0.15, 0.2) is 0 Å². The van der Waals surface area contributed by atoms with Crippen molar-refractivity contribution in [3.8, 4) is 0 Å². The van der Waals surface area contributed by atoms with Crippen LogP contribution in [0.5, 0.6) is 0 Å². The van der Waals surface area contributed by atoms with E-state index in [9.17, 15) is 9.00 Å². The lowest BCUT2D eigenvalue weighted by Gasteiger charge is -2.09. The maximum absolute atomic E-state index is 11.0. The highest BCUT2D eigenvalue weighted by molar-refractivity contribution is 9.10. The molecule has 0 aliphatic heterocycles. The van der Waals surface area contributed by atoms with Crippen molar-refractivity contribution < 1.29 is 14.1 Å². The molecule has 6 heteroatoms. The number of rotatable bonds is 6. The minimum Gasteiger partial charge on any atom is -0.478 e. The molecule has 0 aromatic heterocycles. The average Bonchev–Trinajstić information content (AvgIpc) is 2.23. The lowest BCUT2D eigenvalue weighted by atomic mass is 10.2. The summed E-state index contributed by atoms with van der Waals surface area (Å²) in [6.45, 7) is 0.607. The third-order valence-corrected chi connectivity index (χ3v) is 3.49. The summed E-state index contributed by atoms with van der Waals surface area (Å²) in [5, 5.41) is 12.0. The second-order valence-electron chi connectivity index (χ2n) is 3.55. The summed E-state index contributed by atoms with van der Waals surface area (Å²) in [7, 11) is -0.808. The quantitative estimate of drug-likeness (QED) is 0.790. The zero-order chi connectivity index (χ0) is 12.8. The van der Waals surface area contributed by atoms with E-state index in [2.05, 4.69) is 21.2 Å². The van der Waals surface area contributed by atoms with E-state index >= 15 is 0 Å². The summed E-state index contributed by atoms with van der Waals surface area (Å²) in [5.74, 6) is -0.345. The molecule has 0 bridgehead atoms. The number of hydrogen-bond acceptors (Lipinski definition) is 3. The van der Waals surface area contributed by atoms with E-state index in [1.807, 2.05) is 0 Å². The third kappa shape index (κ3) is 4.87. The largest absolute Gasteiger partial charge is 0.478 e. The van der Waals surface area contributed by atoms with Crippen molar-refractivity contribution in [2.75, 3.05) is 23.9 Å². The van der Waals surface area contributed by atoms with Gasteiger partial charge >= 0.3 is 5.97 Å². The molecule has 0 fully saturated rings. The number of carbonyl (C=O) groups is 1. The maximum atomic E-state index is 11.0. The molecular formula is C11H14BrNO3S. The van der Waals surface area contributed by atoms with E-state index in [1.54, 1.807) is 24.5 Å². The van der Waals surface area contributed by atoms with Crippen LogP contribution in [0.1, 0.15) is 16.8 Å². The zero-order valence-corrected chi connectivity index (χ0v) is 11.8. The number of carboxylic acid groups (broad SMARTS) is 1. The molecule has 0 radical (unpaired) electrons. The molecule has 0 aliphatic carbocycles. The van der Waals surface area contributed by atoms with E-state index in [-0.39, 0.29) is 5.56 Å². The van der Waals surface area contributed by atoms with Crippen LogP contribution >= 0.6 is 15.9 Å². The molecule has 94 valence electrons. The summed E-state index contributed by atoms with van der Waals surface area (Å²) < 4.78 is 11.7. The van der Waals surface area contributed by atoms with Crippen molar-refractivity contribution in [3.63, 3.8) is 0 Å². The summed E-state index contributed by atoms with van der Waals surface area (Å²) in [6, 6.07) is 4.97. The van der Waals surface area contributed by atoms with E-state index < -0.39 is 16.8 Å². The Bertz CT molecular complexity index is 437. The Kier molecular flexibility index (Phi) is 5.64. The molecular weight excluding hydrogens is 306 g/mol. The van der Waals surface area contributed by atoms with E-state index in [1.165, 1.54) is 0 Å². The topological polar surface area (TPSA) is 66.4 Å². The van der Waals surface area contributed by atoms with Gasteiger partial charge in [-0.05, 0) is 24.6 Å². The molecule has 2 N–H and O–H groups in total. The SMILES string of the molecule is CS(=O)CCCNc1cc(Br)ccc1C(=O)O. The number of halogens is 1. The van der Waals surface area contributed by atoms with Gasteiger partial charge in [0.25, 0.3) is 0 Å². The number of hydrogen-bond donors (Lipinski definition) is 2. The molecule has 0 saturated carbocycles. The fourth-order valence-corrected chi connectivity index (χ4v) is 2.26. The van der Waals surface area contributed by atoms with Gasteiger partial charge in [-0.1, -0.05) is 15.9 Å². The Labute approximate surface area is 111 Å². The normalized spacial score (nSPS) is 12.1. The van der Waals surface area contributed by atoms with Crippen LogP contribution in [-0.4, -0.2) is 33.8 Å². The molecule has 0 amide bonds. The predicted molar refractivity (Wildman–Crippen MR) is 73.1 cm³/mol. The van der Waals surface area contributed by atoms with Crippen LogP contribution in [0.15, 0.2) is 22.7 Å². The molecule has 1 aromatic rings. The van der Waals surface area contributed by atoms with Crippen molar-refractivity contribution in [2.24, 2.45) is 0 Å². The van der Waals surface area contributed by atoms with Gasteiger partial charge in [-0.2, -0.15) is 0 Å². The van der Waals surface area contributed by atoms with Crippen molar-refractivity contribution in [1.29, 1.82) is 0 Å².